The largest absolute Gasteiger partial charge is 0.497 e. The van der Waals surface area contributed by atoms with E-state index in [9.17, 15) is 14.4 Å². The highest BCUT2D eigenvalue weighted by Crippen LogP contribution is 2.43. The maximum absolute atomic E-state index is 13.9. The number of carbonyl (C=O) groups is 3. The van der Waals surface area contributed by atoms with E-state index in [0.29, 0.717) is 17.9 Å². The highest BCUT2D eigenvalue weighted by atomic mass is 16.5. The second-order valence-corrected chi connectivity index (χ2v) is 8.49. The fourth-order valence-corrected chi connectivity index (χ4v) is 4.38. The average Bonchev–Trinajstić information content (AvgIpc) is 3.09. The van der Waals surface area contributed by atoms with Crippen molar-refractivity contribution in [3.05, 3.63) is 65.7 Å². The van der Waals surface area contributed by atoms with Crippen LogP contribution in [0.5, 0.6) is 5.75 Å². The summed E-state index contributed by atoms with van der Waals surface area (Å²) in [5.41, 5.74) is 0.925. The zero-order chi connectivity index (χ0) is 25.3. The Labute approximate surface area is 207 Å². The van der Waals surface area contributed by atoms with Gasteiger partial charge in [-0.25, -0.2) is 0 Å². The number of amides is 2. The van der Waals surface area contributed by atoms with Crippen LogP contribution >= 0.6 is 0 Å². The van der Waals surface area contributed by atoms with Crippen molar-refractivity contribution in [1.29, 1.82) is 0 Å². The van der Waals surface area contributed by atoms with E-state index in [4.69, 9.17) is 9.47 Å². The summed E-state index contributed by atoms with van der Waals surface area (Å²) >= 11 is 0. The number of hydrogen-bond donors (Lipinski definition) is 1. The summed E-state index contributed by atoms with van der Waals surface area (Å²) < 4.78 is 10.3. The predicted octanol–water partition coefficient (Wildman–Crippen LogP) is 4.60. The van der Waals surface area contributed by atoms with Gasteiger partial charge in [-0.1, -0.05) is 50.1 Å². The van der Waals surface area contributed by atoms with Gasteiger partial charge in [0.15, 0.2) is 0 Å². The Kier molecular flexibility index (Phi) is 9.06. The topological polar surface area (TPSA) is 84.9 Å². The van der Waals surface area contributed by atoms with Crippen molar-refractivity contribution in [1.82, 2.24) is 5.32 Å². The quantitative estimate of drug-likeness (QED) is 0.274. The van der Waals surface area contributed by atoms with Gasteiger partial charge in [-0.05, 0) is 49.6 Å². The van der Waals surface area contributed by atoms with Crippen LogP contribution in [-0.2, 0) is 24.7 Å². The SMILES string of the molecule is CCCCCN1C(=O)C(CCC(=O)OCC)(NC(=O)C=Cc2cccc(OC)c2)c2ccccc21. The molecule has 7 heteroatoms. The summed E-state index contributed by atoms with van der Waals surface area (Å²) in [7, 11) is 1.58. The van der Waals surface area contributed by atoms with Crippen LogP contribution < -0.4 is 15.0 Å². The summed E-state index contributed by atoms with van der Waals surface area (Å²) in [6.45, 7) is 4.66. The molecular formula is C28H34N2O5. The van der Waals surface area contributed by atoms with E-state index in [1.165, 1.54) is 6.08 Å². The van der Waals surface area contributed by atoms with Crippen LogP contribution in [0.4, 0.5) is 5.69 Å². The van der Waals surface area contributed by atoms with Crippen LogP contribution in [0.1, 0.15) is 57.1 Å². The molecule has 0 fully saturated rings. The van der Waals surface area contributed by atoms with Crippen molar-refractivity contribution in [2.24, 2.45) is 0 Å². The number of ether oxygens (including phenoxy) is 2. The lowest BCUT2D eigenvalue weighted by atomic mass is 9.86. The first kappa shape index (κ1) is 26.0. The van der Waals surface area contributed by atoms with Gasteiger partial charge in [-0.2, -0.15) is 0 Å². The number of methoxy groups -OCH3 is 1. The highest BCUT2D eigenvalue weighted by Gasteiger charge is 2.51. The molecule has 2 aromatic rings. The summed E-state index contributed by atoms with van der Waals surface area (Å²) in [6.07, 6.45) is 6.08. The van der Waals surface area contributed by atoms with E-state index in [2.05, 4.69) is 12.2 Å². The Morgan fingerprint density at radius 2 is 1.89 bits per heavy atom. The van der Waals surface area contributed by atoms with Gasteiger partial charge in [0.2, 0.25) is 5.91 Å². The monoisotopic (exact) mass is 478 g/mol. The van der Waals surface area contributed by atoms with Gasteiger partial charge in [-0.3, -0.25) is 14.4 Å². The van der Waals surface area contributed by atoms with Gasteiger partial charge in [0.1, 0.15) is 11.3 Å². The molecule has 2 aromatic carbocycles. The van der Waals surface area contributed by atoms with Crippen LogP contribution in [0.15, 0.2) is 54.6 Å². The molecule has 3 rings (SSSR count). The van der Waals surface area contributed by atoms with E-state index in [0.717, 1.165) is 30.5 Å². The Bertz CT molecular complexity index is 1080. The number of rotatable bonds is 12. The van der Waals surface area contributed by atoms with Crippen molar-refractivity contribution in [2.75, 3.05) is 25.2 Å². The minimum Gasteiger partial charge on any atom is -0.497 e. The standard InChI is InChI=1S/C28H34N2O5/c1-4-6-9-19-30-24-14-8-7-13-23(24)28(27(30)33,18-17-26(32)35-5-2)29-25(31)16-15-21-11-10-12-22(20-21)34-3/h7-8,10-16,20H,4-6,9,17-19H2,1-3H3,(H,29,31). The number of anilines is 1. The van der Waals surface area contributed by atoms with Gasteiger partial charge < -0.3 is 19.7 Å². The molecule has 1 atom stereocenters. The molecule has 2 amide bonds. The van der Waals surface area contributed by atoms with Crippen molar-refractivity contribution in [3.63, 3.8) is 0 Å². The zero-order valence-corrected chi connectivity index (χ0v) is 20.7. The number of nitrogens with zero attached hydrogens (tertiary/aromatic N) is 1. The normalized spacial score (nSPS) is 16.9. The first-order valence-electron chi connectivity index (χ1n) is 12.2. The molecule has 0 spiro atoms. The number of esters is 1. The van der Waals surface area contributed by atoms with E-state index < -0.39 is 17.4 Å². The average molecular weight is 479 g/mol. The second-order valence-electron chi connectivity index (χ2n) is 8.49. The lowest BCUT2D eigenvalue weighted by Gasteiger charge is -2.29. The number of hydrogen-bond acceptors (Lipinski definition) is 5. The molecule has 1 heterocycles. The zero-order valence-electron chi connectivity index (χ0n) is 20.7. The lowest BCUT2D eigenvalue weighted by molar-refractivity contribution is -0.144. The summed E-state index contributed by atoms with van der Waals surface area (Å²) in [5.74, 6) is -0.360. The molecule has 1 aliphatic heterocycles. The van der Waals surface area contributed by atoms with Crippen LogP contribution in [0, 0.1) is 0 Å². The lowest BCUT2D eigenvalue weighted by Crippen LogP contribution is -2.53. The first-order valence-corrected chi connectivity index (χ1v) is 12.2. The Balaban J connectivity index is 1.92. The first-order chi connectivity index (χ1) is 16.9. The van der Waals surface area contributed by atoms with E-state index >= 15 is 0 Å². The number of nitrogens with one attached hydrogen (secondary N) is 1. The molecule has 0 aliphatic carbocycles. The van der Waals surface area contributed by atoms with Crippen LogP contribution in [0.3, 0.4) is 0 Å². The molecule has 0 aromatic heterocycles. The minimum atomic E-state index is -1.34. The molecule has 7 nitrogen and oxygen atoms in total. The third kappa shape index (κ3) is 6.10. The molecule has 186 valence electrons. The molecule has 0 radical (unpaired) electrons. The van der Waals surface area contributed by atoms with E-state index in [1.54, 1.807) is 25.0 Å². The van der Waals surface area contributed by atoms with Crippen molar-refractivity contribution in [3.8, 4) is 5.75 Å². The number of benzene rings is 2. The van der Waals surface area contributed by atoms with Gasteiger partial charge >= 0.3 is 5.97 Å². The number of fused-ring (bicyclic) bond motifs is 1. The fraction of sp³-hybridized carbons (Fsp3) is 0.393. The van der Waals surface area contributed by atoms with Crippen molar-refractivity contribution < 1.29 is 23.9 Å². The third-order valence-electron chi connectivity index (χ3n) is 6.12. The van der Waals surface area contributed by atoms with Gasteiger partial charge in [0.25, 0.3) is 5.91 Å². The molecule has 0 bridgehead atoms. The van der Waals surface area contributed by atoms with Crippen LogP contribution in [0.2, 0.25) is 0 Å². The minimum absolute atomic E-state index is 0.0105. The molecular weight excluding hydrogens is 444 g/mol. The summed E-state index contributed by atoms with van der Waals surface area (Å²) in [5, 5.41) is 2.96. The molecule has 1 N–H and O–H groups in total. The van der Waals surface area contributed by atoms with Gasteiger partial charge in [0, 0.05) is 30.3 Å². The van der Waals surface area contributed by atoms with Crippen molar-refractivity contribution >= 4 is 29.5 Å². The van der Waals surface area contributed by atoms with E-state index in [-0.39, 0.29) is 25.4 Å². The van der Waals surface area contributed by atoms with Crippen LogP contribution in [-0.4, -0.2) is 38.0 Å². The smallest absolute Gasteiger partial charge is 0.305 e. The third-order valence-corrected chi connectivity index (χ3v) is 6.12. The molecule has 0 saturated carbocycles. The Morgan fingerprint density at radius 3 is 2.63 bits per heavy atom. The Morgan fingerprint density at radius 1 is 1.09 bits per heavy atom. The Hall–Kier alpha value is -3.61. The molecule has 35 heavy (non-hydrogen) atoms. The summed E-state index contributed by atoms with van der Waals surface area (Å²) in [4.78, 5) is 40.9. The van der Waals surface area contributed by atoms with Gasteiger partial charge in [-0.15, -0.1) is 0 Å². The highest BCUT2D eigenvalue weighted by molar-refractivity contribution is 6.10. The van der Waals surface area contributed by atoms with Crippen molar-refractivity contribution in [2.45, 2.75) is 51.5 Å². The number of carbonyl (C=O) groups excluding carboxylic acids is 3. The summed E-state index contributed by atoms with van der Waals surface area (Å²) in [6, 6.07) is 14.8. The van der Waals surface area contributed by atoms with Crippen LogP contribution in [0.25, 0.3) is 6.08 Å². The van der Waals surface area contributed by atoms with Gasteiger partial charge in [0.05, 0.1) is 13.7 Å². The maximum Gasteiger partial charge on any atom is 0.305 e. The number of unbranched alkanes of at least 4 members (excludes halogenated alkanes) is 2. The maximum atomic E-state index is 13.9. The molecule has 1 aliphatic rings. The number of para-hydroxylation sites is 1. The fourth-order valence-electron chi connectivity index (χ4n) is 4.38. The van der Waals surface area contributed by atoms with E-state index in [1.807, 2.05) is 48.5 Å². The predicted molar refractivity (Wildman–Crippen MR) is 136 cm³/mol. The second kappa shape index (κ2) is 12.2. The molecule has 0 saturated heterocycles. The molecule has 1 unspecified atom stereocenters.